The second kappa shape index (κ2) is 22.8. The summed E-state index contributed by atoms with van der Waals surface area (Å²) in [6.07, 6.45) is 21.4. The Labute approximate surface area is 198 Å². The second-order valence-corrected chi connectivity index (χ2v) is 14.5. The zero-order valence-electron chi connectivity index (χ0n) is 20.8. The fourth-order valence-electron chi connectivity index (χ4n) is 3.70. The van der Waals surface area contributed by atoms with E-state index in [1.54, 1.807) is 0 Å². The molecule has 0 saturated carbocycles. The van der Waals surface area contributed by atoms with Gasteiger partial charge in [-0.25, -0.2) is 9.78 Å². The predicted molar refractivity (Wildman–Crippen MR) is 138 cm³/mol. The van der Waals surface area contributed by atoms with E-state index in [1.165, 1.54) is 102 Å². The first-order valence-corrected chi connectivity index (χ1v) is 17.3. The van der Waals surface area contributed by atoms with Crippen molar-refractivity contribution in [1.29, 1.82) is 0 Å². The number of alkyl halides is 1. The quantitative estimate of drug-likeness (QED) is 0.0324. The molecule has 1 unspecified atom stereocenters. The molecule has 0 fully saturated rings. The lowest BCUT2D eigenvalue weighted by molar-refractivity contribution is -0.366. The Kier molecular flexibility index (Phi) is 23.2. The molecule has 0 aromatic heterocycles. The van der Waals surface area contributed by atoms with Crippen molar-refractivity contribution in [2.45, 2.75) is 148 Å². The van der Waals surface area contributed by atoms with Crippen LogP contribution in [0.3, 0.4) is 0 Å². The van der Waals surface area contributed by atoms with Crippen molar-refractivity contribution in [3.05, 3.63) is 0 Å². The Morgan fingerprint density at radius 2 is 1.20 bits per heavy atom. The fourth-order valence-corrected chi connectivity index (χ4v) is 6.18. The molecule has 0 bridgehead atoms. The summed E-state index contributed by atoms with van der Waals surface area (Å²) in [6.45, 7) is 9.89. The third kappa shape index (κ3) is 21.8. The smallest absolute Gasteiger partial charge is 0.190 e. The van der Waals surface area contributed by atoms with Crippen molar-refractivity contribution in [3.8, 4) is 0 Å². The summed E-state index contributed by atoms with van der Waals surface area (Å²) < 4.78 is 6.50. The van der Waals surface area contributed by atoms with Crippen molar-refractivity contribution in [2.75, 3.05) is 11.9 Å². The Morgan fingerprint density at radius 1 is 0.667 bits per heavy atom. The van der Waals surface area contributed by atoms with Gasteiger partial charge in [0.15, 0.2) is 14.6 Å². The maximum atomic E-state index is 6.50. The zero-order valence-corrected chi connectivity index (χ0v) is 23.4. The Hall–Kier alpha value is 0.577. The van der Waals surface area contributed by atoms with Crippen LogP contribution in [0.1, 0.15) is 123 Å². The van der Waals surface area contributed by atoms with E-state index >= 15 is 0 Å². The monoisotopic (exact) mass is 508 g/mol. The van der Waals surface area contributed by atoms with Crippen LogP contribution < -0.4 is 0 Å². The third-order valence-electron chi connectivity index (χ3n) is 5.66. The van der Waals surface area contributed by atoms with Gasteiger partial charge in [0.2, 0.25) is 0 Å². The molecule has 1 atom stereocenters. The molecule has 0 saturated heterocycles. The maximum Gasteiger partial charge on any atom is 0.190 e. The molecular formula is C25H53BrO3Si. The molecule has 0 aliphatic carbocycles. The highest BCUT2D eigenvalue weighted by atomic mass is 79.9. The molecule has 5 heteroatoms. The number of rotatable bonds is 24. The van der Waals surface area contributed by atoms with E-state index in [0.29, 0.717) is 6.61 Å². The van der Waals surface area contributed by atoms with Gasteiger partial charge in [0, 0.05) is 11.8 Å². The molecule has 0 N–H and O–H groups in total. The van der Waals surface area contributed by atoms with E-state index in [2.05, 4.69) is 42.9 Å². The van der Waals surface area contributed by atoms with Gasteiger partial charge >= 0.3 is 0 Å². The highest BCUT2D eigenvalue weighted by Gasteiger charge is 2.27. The summed E-state index contributed by atoms with van der Waals surface area (Å²) in [5.74, 6) is 0. The molecule has 0 spiro atoms. The summed E-state index contributed by atoms with van der Waals surface area (Å²) in [6, 6.07) is 1.22. The van der Waals surface area contributed by atoms with Gasteiger partial charge in [-0.2, -0.15) is 0 Å². The van der Waals surface area contributed by atoms with Gasteiger partial charge < -0.3 is 4.43 Å². The Morgan fingerprint density at radius 3 is 1.83 bits per heavy atom. The minimum atomic E-state index is -1.70. The molecule has 0 aromatic rings. The molecule has 0 aliphatic rings. The highest BCUT2D eigenvalue weighted by Crippen LogP contribution is 2.22. The first-order valence-electron chi connectivity index (χ1n) is 13.1. The van der Waals surface area contributed by atoms with Gasteiger partial charge in [0.05, 0.1) is 6.61 Å². The van der Waals surface area contributed by atoms with Gasteiger partial charge in [-0.15, -0.1) is 0 Å². The zero-order chi connectivity index (χ0) is 22.3. The van der Waals surface area contributed by atoms with Crippen LogP contribution in [0.2, 0.25) is 19.1 Å². The summed E-state index contributed by atoms with van der Waals surface area (Å²) in [7, 11) is -1.70. The normalized spacial score (nSPS) is 13.1. The molecule has 0 amide bonds. The standard InChI is InChI=1S/C25H53BrO3Si/c1-5-7-9-14-17-21-25(29-30(3,4)24-20-10-8-6-2)28-27-23-19-16-13-11-12-15-18-22-26/h25H,5-24H2,1-4H3. The van der Waals surface area contributed by atoms with Crippen LogP contribution in [-0.4, -0.2) is 26.5 Å². The molecule has 3 nitrogen and oxygen atoms in total. The van der Waals surface area contributed by atoms with Crippen molar-refractivity contribution in [2.24, 2.45) is 0 Å². The summed E-state index contributed by atoms with van der Waals surface area (Å²) >= 11 is 3.50. The minimum absolute atomic E-state index is 0.177. The summed E-state index contributed by atoms with van der Waals surface area (Å²) in [5.41, 5.74) is 0. The lowest BCUT2D eigenvalue weighted by Gasteiger charge is -2.28. The van der Waals surface area contributed by atoms with Crippen LogP contribution in [0, 0.1) is 0 Å². The van der Waals surface area contributed by atoms with Crippen LogP contribution >= 0.6 is 15.9 Å². The predicted octanol–water partition coefficient (Wildman–Crippen LogP) is 9.55. The van der Waals surface area contributed by atoms with Gasteiger partial charge in [-0.3, -0.25) is 0 Å². The van der Waals surface area contributed by atoms with Gasteiger partial charge in [0.1, 0.15) is 0 Å². The molecule has 30 heavy (non-hydrogen) atoms. The van der Waals surface area contributed by atoms with E-state index in [-0.39, 0.29) is 6.29 Å². The highest BCUT2D eigenvalue weighted by molar-refractivity contribution is 9.09. The maximum absolute atomic E-state index is 6.50. The van der Waals surface area contributed by atoms with Crippen LogP contribution in [0.5, 0.6) is 0 Å². The SMILES string of the molecule is CCCCCCCC(OOCCCCCCCCCBr)O[Si](C)(C)CCCCCC. The summed E-state index contributed by atoms with van der Waals surface area (Å²) in [5, 5.41) is 1.14. The van der Waals surface area contributed by atoms with E-state index in [0.717, 1.165) is 18.2 Å². The number of hydrogen-bond donors (Lipinski definition) is 0. The average molecular weight is 510 g/mol. The minimum Gasteiger partial charge on any atom is -0.391 e. The number of halogens is 1. The van der Waals surface area contributed by atoms with Gasteiger partial charge in [0.25, 0.3) is 0 Å². The number of unbranched alkanes of at least 4 members (excludes halogenated alkanes) is 13. The second-order valence-electron chi connectivity index (χ2n) is 9.40. The molecule has 0 rings (SSSR count). The van der Waals surface area contributed by atoms with E-state index < -0.39 is 8.32 Å². The Bertz CT molecular complexity index is 342. The average Bonchev–Trinajstić information content (AvgIpc) is 2.72. The van der Waals surface area contributed by atoms with E-state index in [1.807, 2.05) is 0 Å². The van der Waals surface area contributed by atoms with Crippen LogP contribution in [0.4, 0.5) is 0 Å². The van der Waals surface area contributed by atoms with Crippen molar-refractivity contribution in [1.82, 2.24) is 0 Å². The molecule has 0 aliphatic heterocycles. The van der Waals surface area contributed by atoms with Crippen molar-refractivity contribution >= 4 is 24.2 Å². The first kappa shape index (κ1) is 30.6. The molecule has 0 heterocycles. The number of hydrogen-bond acceptors (Lipinski definition) is 3. The topological polar surface area (TPSA) is 27.7 Å². The van der Waals surface area contributed by atoms with Crippen LogP contribution in [0.25, 0.3) is 0 Å². The molecule has 0 radical (unpaired) electrons. The summed E-state index contributed by atoms with van der Waals surface area (Å²) in [4.78, 5) is 11.4. The molecular weight excluding hydrogens is 456 g/mol. The lowest BCUT2D eigenvalue weighted by Crippen LogP contribution is -2.36. The lowest BCUT2D eigenvalue weighted by atomic mass is 10.1. The third-order valence-corrected chi connectivity index (χ3v) is 8.68. The largest absolute Gasteiger partial charge is 0.391 e. The van der Waals surface area contributed by atoms with Crippen molar-refractivity contribution in [3.63, 3.8) is 0 Å². The first-order chi connectivity index (χ1) is 14.6. The molecule has 182 valence electrons. The van der Waals surface area contributed by atoms with E-state index in [9.17, 15) is 0 Å². The van der Waals surface area contributed by atoms with E-state index in [4.69, 9.17) is 14.2 Å². The van der Waals surface area contributed by atoms with Gasteiger partial charge in [-0.05, 0) is 38.4 Å². The van der Waals surface area contributed by atoms with Crippen LogP contribution in [0.15, 0.2) is 0 Å². The fraction of sp³-hybridized carbons (Fsp3) is 1.00. The Balaban J connectivity index is 4.07. The van der Waals surface area contributed by atoms with Gasteiger partial charge in [-0.1, -0.05) is 113 Å². The van der Waals surface area contributed by atoms with Crippen LogP contribution in [-0.2, 0) is 14.2 Å². The van der Waals surface area contributed by atoms with Crippen molar-refractivity contribution < 1.29 is 14.2 Å². The molecule has 0 aromatic carbocycles.